The van der Waals surface area contributed by atoms with Crippen molar-refractivity contribution in [2.24, 2.45) is 5.73 Å². The zero-order valence-electron chi connectivity index (χ0n) is 15.0. The first kappa shape index (κ1) is 18.6. The molecule has 0 heterocycles. The molecule has 0 aliphatic carbocycles. The van der Waals surface area contributed by atoms with Crippen LogP contribution in [0.4, 0.5) is 5.69 Å². The minimum absolute atomic E-state index is 0.0310. The molecule has 0 bridgehead atoms. The maximum atomic E-state index is 12.6. The van der Waals surface area contributed by atoms with Gasteiger partial charge < -0.3 is 21.5 Å². The summed E-state index contributed by atoms with van der Waals surface area (Å²) in [4.78, 5) is 12.6. The van der Waals surface area contributed by atoms with E-state index in [1.54, 1.807) is 30.3 Å². The van der Waals surface area contributed by atoms with Gasteiger partial charge in [-0.1, -0.05) is 54.6 Å². The molecular weight excluding hydrogens is 338 g/mol. The average Bonchev–Trinajstić information content (AvgIpc) is 2.72. The number of nitrogens with two attached hydrogens (primary N) is 1. The van der Waals surface area contributed by atoms with Crippen LogP contribution in [0, 0.1) is 0 Å². The fourth-order valence-corrected chi connectivity index (χ4v) is 2.94. The van der Waals surface area contributed by atoms with Crippen molar-refractivity contribution < 1.29 is 9.90 Å². The van der Waals surface area contributed by atoms with Crippen LogP contribution in [0.2, 0.25) is 0 Å². The van der Waals surface area contributed by atoms with Crippen molar-refractivity contribution in [3.63, 3.8) is 0 Å². The van der Waals surface area contributed by atoms with Gasteiger partial charge in [-0.2, -0.15) is 0 Å². The van der Waals surface area contributed by atoms with E-state index in [1.165, 1.54) is 0 Å². The molecule has 138 valence electrons. The summed E-state index contributed by atoms with van der Waals surface area (Å²) in [5.41, 5.74) is 9.30. The van der Waals surface area contributed by atoms with Gasteiger partial charge in [-0.05, 0) is 29.3 Å². The van der Waals surface area contributed by atoms with Gasteiger partial charge in [-0.25, -0.2) is 0 Å². The monoisotopic (exact) mass is 361 g/mol. The molecule has 0 spiro atoms. The highest BCUT2D eigenvalue weighted by molar-refractivity contribution is 6.06. The number of phenols is 1. The number of nitrogens with one attached hydrogen (secondary N) is 2. The highest BCUT2D eigenvalue weighted by Crippen LogP contribution is 2.36. The molecule has 5 heteroatoms. The quantitative estimate of drug-likeness (QED) is 0.384. The van der Waals surface area contributed by atoms with Crippen molar-refractivity contribution in [3.8, 4) is 16.9 Å². The van der Waals surface area contributed by atoms with Gasteiger partial charge in [0.25, 0.3) is 5.91 Å². The first-order chi connectivity index (χ1) is 13.2. The highest BCUT2D eigenvalue weighted by Gasteiger charge is 2.17. The van der Waals surface area contributed by atoms with E-state index in [4.69, 9.17) is 5.73 Å². The molecule has 5 N–H and O–H groups in total. The molecule has 0 saturated heterocycles. The van der Waals surface area contributed by atoms with Crippen LogP contribution in [0.5, 0.6) is 5.75 Å². The fraction of sp³-hybridized carbons (Fsp3) is 0.136. The maximum Gasteiger partial charge on any atom is 0.255 e. The predicted molar refractivity (Wildman–Crippen MR) is 109 cm³/mol. The number of rotatable bonds is 7. The van der Waals surface area contributed by atoms with Crippen LogP contribution in [0.3, 0.4) is 0 Å². The Morgan fingerprint density at radius 2 is 1.59 bits per heavy atom. The topological polar surface area (TPSA) is 87.4 Å². The zero-order valence-corrected chi connectivity index (χ0v) is 15.0. The minimum Gasteiger partial charge on any atom is -0.506 e. The third-order valence-corrected chi connectivity index (χ3v) is 4.27. The van der Waals surface area contributed by atoms with Crippen LogP contribution in [-0.4, -0.2) is 24.1 Å². The second-order valence-corrected chi connectivity index (χ2v) is 6.14. The lowest BCUT2D eigenvalue weighted by Crippen LogP contribution is -2.23. The number of phenolic OH excluding ortho intramolecular Hbond substituents is 1. The van der Waals surface area contributed by atoms with Crippen molar-refractivity contribution in [2.45, 2.75) is 6.54 Å². The predicted octanol–water partition coefficient (Wildman–Crippen LogP) is 3.36. The van der Waals surface area contributed by atoms with E-state index in [9.17, 15) is 9.90 Å². The van der Waals surface area contributed by atoms with Crippen molar-refractivity contribution >= 4 is 11.6 Å². The number of hydrogen-bond donors (Lipinski definition) is 4. The first-order valence-electron chi connectivity index (χ1n) is 8.88. The maximum absolute atomic E-state index is 12.6. The Hall–Kier alpha value is -3.15. The lowest BCUT2D eigenvalue weighted by Gasteiger charge is -2.18. The van der Waals surface area contributed by atoms with Crippen molar-refractivity contribution in [1.29, 1.82) is 0 Å². The number of amides is 1. The minimum atomic E-state index is -0.267. The molecule has 3 aromatic carbocycles. The Labute approximate surface area is 158 Å². The van der Waals surface area contributed by atoms with Gasteiger partial charge in [-0.15, -0.1) is 0 Å². The molecule has 0 aliphatic heterocycles. The number of carbonyl (C=O) groups excluding carboxylic acids is 1. The third-order valence-electron chi connectivity index (χ3n) is 4.27. The van der Waals surface area contributed by atoms with Gasteiger partial charge in [0.2, 0.25) is 0 Å². The van der Waals surface area contributed by atoms with Gasteiger partial charge in [0, 0.05) is 30.8 Å². The second kappa shape index (κ2) is 8.98. The van der Waals surface area contributed by atoms with E-state index in [2.05, 4.69) is 10.6 Å². The molecule has 0 saturated carbocycles. The van der Waals surface area contributed by atoms with Crippen LogP contribution in [0.25, 0.3) is 11.1 Å². The third kappa shape index (κ3) is 4.53. The van der Waals surface area contributed by atoms with Crippen molar-refractivity contribution in [2.75, 3.05) is 18.4 Å². The number of carbonyl (C=O) groups is 1. The first-order valence-corrected chi connectivity index (χ1v) is 8.88. The number of benzene rings is 3. The molecule has 0 unspecified atom stereocenters. The van der Waals surface area contributed by atoms with Crippen LogP contribution in [-0.2, 0) is 6.54 Å². The summed E-state index contributed by atoms with van der Waals surface area (Å²) < 4.78 is 0. The van der Waals surface area contributed by atoms with Crippen LogP contribution >= 0.6 is 0 Å². The van der Waals surface area contributed by atoms with Gasteiger partial charge in [0.15, 0.2) is 0 Å². The van der Waals surface area contributed by atoms with Gasteiger partial charge in [0.05, 0.1) is 5.69 Å². The van der Waals surface area contributed by atoms with E-state index in [-0.39, 0.29) is 11.7 Å². The Balaban J connectivity index is 2.01. The average molecular weight is 361 g/mol. The second-order valence-electron chi connectivity index (χ2n) is 6.14. The smallest absolute Gasteiger partial charge is 0.255 e. The zero-order chi connectivity index (χ0) is 19.1. The molecule has 3 rings (SSSR count). The molecule has 1 amide bonds. The van der Waals surface area contributed by atoms with Gasteiger partial charge >= 0.3 is 0 Å². The van der Waals surface area contributed by atoms with E-state index in [0.717, 1.165) is 16.7 Å². The number of aromatic hydroxyl groups is 1. The van der Waals surface area contributed by atoms with Crippen molar-refractivity contribution in [3.05, 3.63) is 83.9 Å². The van der Waals surface area contributed by atoms with E-state index in [1.807, 2.05) is 42.5 Å². The summed E-state index contributed by atoms with van der Waals surface area (Å²) in [6.45, 7) is 1.61. The molecule has 0 radical (unpaired) electrons. The molecule has 27 heavy (non-hydrogen) atoms. The van der Waals surface area contributed by atoms with E-state index < -0.39 is 0 Å². The molecule has 3 aromatic rings. The molecule has 5 nitrogen and oxygen atoms in total. The van der Waals surface area contributed by atoms with Crippen molar-refractivity contribution in [1.82, 2.24) is 5.32 Å². The Kier molecular flexibility index (Phi) is 6.20. The van der Waals surface area contributed by atoms with Gasteiger partial charge in [-0.3, -0.25) is 4.79 Å². The molecule has 0 atom stereocenters. The van der Waals surface area contributed by atoms with Gasteiger partial charge in [0.1, 0.15) is 5.75 Å². The van der Waals surface area contributed by atoms with Crippen LogP contribution < -0.4 is 16.4 Å². The Morgan fingerprint density at radius 3 is 2.26 bits per heavy atom. The van der Waals surface area contributed by atoms with Crippen LogP contribution in [0.1, 0.15) is 15.9 Å². The fourth-order valence-electron chi connectivity index (χ4n) is 2.94. The molecular formula is C22H23N3O2. The highest BCUT2D eigenvalue weighted by atomic mass is 16.3. The summed E-state index contributed by atoms with van der Waals surface area (Å²) in [7, 11) is 0. The summed E-state index contributed by atoms with van der Waals surface area (Å²) >= 11 is 0. The largest absolute Gasteiger partial charge is 0.506 e. The molecule has 0 fully saturated rings. The SMILES string of the molecule is NCCNCc1c(-c2ccccc2)ccc(O)c1NC(=O)c1ccccc1. The summed E-state index contributed by atoms with van der Waals surface area (Å²) in [5, 5.41) is 16.6. The molecule has 0 aliphatic rings. The summed E-state index contributed by atoms with van der Waals surface area (Å²) in [6, 6.07) is 22.3. The summed E-state index contributed by atoms with van der Waals surface area (Å²) in [6.07, 6.45) is 0. The van der Waals surface area contributed by atoms with E-state index in [0.29, 0.717) is 30.9 Å². The lowest BCUT2D eigenvalue weighted by molar-refractivity contribution is 0.102. The Bertz CT molecular complexity index is 896. The number of hydrogen-bond acceptors (Lipinski definition) is 4. The standard InChI is InChI=1S/C22H23N3O2/c23-13-14-24-15-19-18(16-7-3-1-4-8-16)11-12-20(26)21(19)25-22(27)17-9-5-2-6-10-17/h1-12,24,26H,13-15,23H2,(H,25,27). The van der Waals surface area contributed by atoms with E-state index >= 15 is 0 Å². The summed E-state index contributed by atoms with van der Waals surface area (Å²) in [5.74, 6) is -0.236. The van der Waals surface area contributed by atoms with Crippen LogP contribution in [0.15, 0.2) is 72.8 Å². The molecule has 0 aromatic heterocycles. The Morgan fingerprint density at radius 1 is 0.926 bits per heavy atom. The normalized spacial score (nSPS) is 10.6. The number of anilines is 1. The lowest BCUT2D eigenvalue weighted by atomic mass is 9.97.